The van der Waals surface area contributed by atoms with Gasteiger partial charge in [-0.2, -0.15) is 0 Å². The molecule has 0 aliphatic heterocycles. The normalized spacial score (nSPS) is 11.1. The van der Waals surface area contributed by atoms with Gasteiger partial charge in [0, 0.05) is 10.6 Å². The minimum atomic E-state index is -0.358. The zero-order valence-corrected chi connectivity index (χ0v) is 11.1. The third-order valence-corrected chi connectivity index (χ3v) is 3.74. The summed E-state index contributed by atoms with van der Waals surface area (Å²) in [5.41, 5.74) is 7.76. The topological polar surface area (TPSA) is 43.8 Å². The van der Waals surface area contributed by atoms with Crippen LogP contribution >= 0.6 is 11.8 Å². The molecule has 96 valence electrons. The number of nitrogens with two attached hydrogens (primary N) is 1. The van der Waals surface area contributed by atoms with Crippen molar-refractivity contribution >= 4 is 28.7 Å². The Kier molecular flexibility index (Phi) is 2.91. The summed E-state index contributed by atoms with van der Waals surface area (Å²) in [6.07, 6.45) is 2.02. The lowest BCUT2D eigenvalue weighted by atomic mass is 10.2. The average Bonchev–Trinajstić information content (AvgIpc) is 2.77. The number of nitrogens with zero attached hydrogens (tertiary/aromatic N) is 2. The van der Waals surface area contributed by atoms with E-state index in [4.69, 9.17) is 5.73 Å². The van der Waals surface area contributed by atoms with Crippen LogP contribution in [-0.4, -0.2) is 15.8 Å². The summed E-state index contributed by atoms with van der Waals surface area (Å²) < 4.78 is 15.4. The van der Waals surface area contributed by atoms with Crippen LogP contribution in [0.1, 0.15) is 0 Å². The van der Waals surface area contributed by atoms with Crippen molar-refractivity contribution in [3.05, 3.63) is 48.3 Å². The zero-order chi connectivity index (χ0) is 13.4. The lowest BCUT2D eigenvalue weighted by molar-refractivity contribution is 0.637. The largest absolute Gasteiger partial charge is 0.369 e. The van der Waals surface area contributed by atoms with Gasteiger partial charge in [-0.05, 0) is 42.7 Å². The Hall–Kier alpha value is -2.01. The Bertz CT molecular complexity index is 734. The van der Waals surface area contributed by atoms with E-state index in [1.54, 1.807) is 22.4 Å². The predicted molar refractivity (Wildman–Crippen MR) is 77.2 cm³/mol. The standard InChI is InChI=1S/C14H12FN3S/c1-19-10-7-5-9(6-8-10)18-12-4-2-3-11(15)13(12)17-14(18)16/h2-8H,1H3,(H2,16,17). The maximum absolute atomic E-state index is 13.7. The first-order valence-electron chi connectivity index (χ1n) is 5.77. The van der Waals surface area contributed by atoms with Crippen molar-refractivity contribution in [2.75, 3.05) is 12.0 Å². The molecule has 0 atom stereocenters. The van der Waals surface area contributed by atoms with Gasteiger partial charge in [-0.3, -0.25) is 4.57 Å². The van der Waals surface area contributed by atoms with E-state index in [2.05, 4.69) is 4.98 Å². The minimum absolute atomic E-state index is 0.289. The van der Waals surface area contributed by atoms with E-state index >= 15 is 0 Å². The molecule has 1 aromatic heterocycles. The van der Waals surface area contributed by atoms with Crippen molar-refractivity contribution in [1.29, 1.82) is 0 Å². The summed E-state index contributed by atoms with van der Waals surface area (Å²) in [7, 11) is 0. The predicted octanol–water partition coefficient (Wildman–Crippen LogP) is 3.47. The Morgan fingerprint density at radius 2 is 1.89 bits per heavy atom. The first-order chi connectivity index (χ1) is 9.20. The summed E-state index contributed by atoms with van der Waals surface area (Å²) in [4.78, 5) is 5.26. The SMILES string of the molecule is CSc1ccc(-n2c(N)nc3c(F)cccc32)cc1. The highest BCUT2D eigenvalue weighted by Crippen LogP contribution is 2.26. The molecule has 0 amide bonds. The molecule has 0 radical (unpaired) electrons. The second kappa shape index (κ2) is 4.59. The van der Waals surface area contributed by atoms with E-state index in [0.717, 1.165) is 10.6 Å². The van der Waals surface area contributed by atoms with Crippen molar-refractivity contribution in [3.63, 3.8) is 0 Å². The highest BCUT2D eigenvalue weighted by Gasteiger charge is 2.12. The second-order valence-electron chi connectivity index (χ2n) is 4.11. The molecule has 3 nitrogen and oxygen atoms in total. The van der Waals surface area contributed by atoms with Crippen LogP contribution < -0.4 is 5.73 Å². The van der Waals surface area contributed by atoms with Gasteiger partial charge >= 0.3 is 0 Å². The summed E-state index contributed by atoms with van der Waals surface area (Å²) in [5.74, 6) is -0.0688. The third-order valence-electron chi connectivity index (χ3n) is 2.99. The molecule has 2 aromatic carbocycles. The van der Waals surface area contributed by atoms with Crippen LogP contribution in [0.4, 0.5) is 10.3 Å². The number of para-hydroxylation sites is 1. The Labute approximate surface area is 114 Å². The van der Waals surface area contributed by atoms with Gasteiger partial charge in [0.25, 0.3) is 0 Å². The molecule has 2 N–H and O–H groups in total. The number of thioether (sulfide) groups is 1. The number of fused-ring (bicyclic) bond motifs is 1. The number of rotatable bonds is 2. The van der Waals surface area contributed by atoms with E-state index < -0.39 is 0 Å². The highest BCUT2D eigenvalue weighted by molar-refractivity contribution is 7.98. The fourth-order valence-corrected chi connectivity index (χ4v) is 2.49. The van der Waals surface area contributed by atoms with Gasteiger partial charge in [0.15, 0.2) is 5.82 Å². The molecular formula is C14H12FN3S. The Morgan fingerprint density at radius 1 is 1.16 bits per heavy atom. The quantitative estimate of drug-likeness (QED) is 0.727. The van der Waals surface area contributed by atoms with Crippen molar-refractivity contribution < 1.29 is 4.39 Å². The molecule has 3 rings (SSSR count). The number of imidazole rings is 1. The monoisotopic (exact) mass is 273 g/mol. The van der Waals surface area contributed by atoms with Crippen LogP contribution in [0, 0.1) is 5.82 Å². The van der Waals surface area contributed by atoms with E-state index in [9.17, 15) is 4.39 Å². The average molecular weight is 273 g/mol. The minimum Gasteiger partial charge on any atom is -0.369 e. The molecule has 0 saturated heterocycles. The van der Waals surface area contributed by atoms with Gasteiger partial charge in [-0.25, -0.2) is 9.37 Å². The van der Waals surface area contributed by atoms with Gasteiger partial charge in [0.1, 0.15) is 5.52 Å². The first kappa shape index (κ1) is 12.0. The molecule has 0 unspecified atom stereocenters. The van der Waals surface area contributed by atoms with Crippen LogP contribution in [0.3, 0.4) is 0 Å². The maximum Gasteiger partial charge on any atom is 0.206 e. The summed E-state index contributed by atoms with van der Waals surface area (Å²) in [6.45, 7) is 0. The maximum atomic E-state index is 13.7. The molecule has 5 heteroatoms. The van der Waals surface area contributed by atoms with Gasteiger partial charge in [-0.1, -0.05) is 6.07 Å². The number of hydrogen-bond donors (Lipinski definition) is 1. The van der Waals surface area contributed by atoms with E-state index in [1.165, 1.54) is 6.07 Å². The molecule has 0 spiro atoms. The van der Waals surface area contributed by atoms with E-state index in [1.807, 2.05) is 36.6 Å². The molecule has 0 bridgehead atoms. The van der Waals surface area contributed by atoms with Crippen LogP contribution in [-0.2, 0) is 0 Å². The molecule has 1 heterocycles. The molecule has 0 aliphatic carbocycles. The molecule has 3 aromatic rings. The van der Waals surface area contributed by atoms with E-state index in [0.29, 0.717) is 11.0 Å². The van der Waals surface area contributed by atoms with Crippen LogP contribution in [0.25, 0.3) is 16.7 Å². The fourth-order valence-electron chi connectivity index (χ4n) is 2.09. The van der Waals surface area contributed by atoms with Gasteiger partial charge in [-0.15, -0.1) is 11.8 Å². The number of aromatic nitrogens is 2. The summed E-state index contributed by atoms with van der Waals surface area (Å²) >= 11 is 1.67. The fraction of sp³-hybridized carbons (Fsp3) is 0.0714. The van der Waals surface area contributed by atoms with Crippen LogP contribution in [0.15, 0.2) is 47.4 Å². The molecule has 0 saturated carbocycles. The second-order valence-corrected chi connectivity index (χ2v) is 4.99. The summed E-state index contributed by atoms with van der Waals surface area (Å²) in [5, 5.41) is 0. The molecular weight excluding hydrogens is 261 g/mol. The lowest BCUT2D eigenvalue weighted by Crippen LogP contribution is -2.00. The Morgan fingerprint density at radius 3 is 2.58 bits per heavy atom. The Balaban J connectivity index is 2.23. The van der Waals surface area contributed by atoms with Gasteiger partial charge < -0.3 is 5.73 Å². The smallest absolute Gasteiger partial charge is 0.206 e. The van der Waals surface area contributed by atoms with Crippen molar-refractivity contribution in [2.24, 2.45) is 0 Å². The number of anilines is 1. The third kappa shape index (κ3) is 1.96. The number of benzene rings is 2. The lowest BCUT2D eigenvalue weighted by Gasteiger charge is -2.07. The first-order valence-corrected chi connectivity index (χ1v) is 7.00. The number of hydrogen-bond acceptors (Lipinski definition) is 3. The van der Waals surface area contributed by atoms with E-state index in [-0.39, 0.29) is 11.8 Å². The molecule has 0 fully saturated rings. The van der Waals surface area contributed by atoms with Crippen LogP contribution in [0.2, 0.25) is 0 Å². The number of nitrogen functional groups attached to an aromatic ring is 1. The highest BCUT2D eigenvalue weighted by atomic mass is 32.2. The van der Waals surface area contributed by atoms with Gasteiger partial charge in [0.2, 0.25) is 5.95 Å². The van der Waals surface area contributed by atoms with Crippen molar-refractivity contribution in [2.45, 2.75) is 4.90 Å². The van der Waals surface area contributed by atoms with Crippen molar-refractivity contribution in [3.8, 4) is 5.69 Å². The van der Waals surface area contributed by atoms with Gasteiger partial charge in [0.05, 0.1) is 5.52 Å². The number of halogens is 1. The summed E-state index contributed by atoms with van der Waals surface area (Å²) in [6, 6.07) is 12.8. The molecule has 19 heavy (non-hydrogen) atoms. The van der Waals surface area contributed by atoms with Crippen LogP contribution in [0.5, 0.6) is 0 Å². The zero-order valence-electron chi connectivity index (χ0n) is 10.3. The molecule has 0 aliphatic rings. The van der Waals surface area contributed by atoms with Crippen molar-refractivity contribution in [1.82, 2.24) is 9.55 Å².